The van der Waals surface area contributed by atoms with Crippen LogP contribution in [0.25, 0.3) is 0 Å². The van der Waals surface area contributed by atoms with Crippen molar-refractivity contribution in [1.82, 2.24) is 0 Å². The summed E-state index contributed by atoms with van der Waals surface area (Å²) in [5, 5.41) is 7.60. The van der Waals surface area contributed by atoms with E-state index in [0.717, 1.165) is 12.7 Å². The molecule has 3 N–H and O–H groups in total. The molecule has 1 aliphatic heterocycles. The zero-order valence-electron chi connectivity index (χ0n) is 8.93. The zero-order chi connectivity index (χ0) is 12.3. The fraction of sp³-hybridized carbons (Fsp3) is 0.556. The molecule has 1 saturated heterocycles. The molecule has 0 aromatic carbocycles. The minimum atomic E-state index is -0.981. The lowest BCUT2D eigenvalue weighted by atomic mass is 10.6. The van der Waals surface area contributed by atoms with Gasteiger partial charge in [-0.25, -0.2) is 9.59 Å². The van der Waals surface area contributed by atoms with Gasteiger partial charge in [0.15, 0.2) is 0 Å². The van der Waals surface area contributed by atoms with Gasteiger partial charge in [0.2, 0.25) is 0 Å². The summed E-state index contributed by atoms with van der Waals surface area (Å²) >= 11 is 0. The van der Waals surface area contributed by atoms with Crippen molar-refractivity contribution >= 4 is 12.1 Å². The molecule has 1 amide bonds. The number of primary amides is 1. The van der Waals surface area contributed by atoms with E-state index in [1.165, 1.54) is 0 Å². The highest BCUT2D eigenvalue weighted by molar-refractivity contribution is 5.78. The van der Waals surface area contributed by atoms with E-state index in [4.69, 9.17) is 9.84 Å². The second-order valence-corrected chi connectivity index (χ2v) is 2.44. The van der Waals surface area contributed by atoms with E-state index >= 15 is 0 Å². The minimum absolute atomic E-state index is 0.356. The lowest BCUT2D eigenvalue weighted by molar-refractivity contribution is -0.131. The molecule has 1 rings (SSSR count). The van der Waals surface area contributed by atoms with Crippen LogP contribution in [0.1, 0.15) is 13.8 Å². The van der Waals surface area contributed by atoms with Gasteiger partial charge in [0.1, 0.15) is 0 Å². The van der Waals surface area contributed by atoms with Gasteiger partial charge in [-0.1, -0.05) is 6.58 Å². The summed E-state index contributed by atoms with van der Waals surface area (Å²) in [6.45, 7) is 8.06. The van der Waals surface area contributed by atoms with Crippen molar-refractivity contribution in [2.24, 2.45) is 5.73 Å². The van der Waals surface area contributed by atoms with E-state index in [2.05, 4.69) is 24.0 Å². The Labute approximate surface area is 88.7 Å². The molecule has 0 bridgehead atoms. The third kappa shape index (κ3) is 32.7. The highest BCUT2D eigenvalue weighted by atomic mass is 16.6. The lowest BCUT2D eigenvalue weighted by Gasteiger charge is -1.89. The Morgan fingerprint density at radius 3 is 2.07 bits per heavy atom. The van der Waals surface area contributed by atoms with Gasteiger partial charge in [-0.2, -0.15) is 0 Å². The van der Waals surface area contributed by atoms with Crippen LogP contribution in [0.4, 0.5) is 4.79 Å². The van der Waals surface area contributed by atoms with Gasteiger partial charge < -0.3 is 20.3 Å². The first-order valence-corrected chi connectivity index (χ1v) is 4.33. The molecular formula is C9H17NO5. The summed E-state index contributed by atoms with van der Waals surface area (Å²) in [5.41, 5.74) is 4.54. The Morgan fingerprint density at radius 2 is 2.07 bits per heavy atom. The first-order valence-electron chi connectivity index (χ1n) is 4.33. The van der Waals surface area contributed by atoms with Crippen molar-refractivity contribution in [3.05, 3.63) is 12.7 Å². The number of amides is 1. The summed E-state index contributed by atoms with van der Waals surface area (Å²) in [6.07, 6.45) is 0.706. The molecule has 1 aliphatic rings. The van der Waals surface area contributed by atoms with Gasteiger partial charge in [0, 0.05) is 6.08 Å². The molecule has 0 radical (unpaired) electrons. The summed E-state index contributed by atoms with van der Waals surface area (Å²) < 4.78 is 8.89. The van der Waals surface area contributed by atoms with Crippen LogP contribution in [-0.4, -0.2) is 36.5 Å². The Hall–Kier alpha value is -1.56. The lowest BCUT2D eigenvalue weighted by Crippen LogP contribution is -2.11. The van der Waals surface area contributed by atoms with Crippen molar-refractivity contribution < 1.29 is 24.2 Å². The molecule has 15 heavy (non-hydrogen) atoms. The molecular weight excluding hydrogens is 202 g/mol. The van der Waals surface area contributed by atoms with E-state index in [9.17, 15) is 9.59 Å². The molecule has 1 unspecified atom stereocenters. The number of carboxylic acid groups (broad SMARTS) is 1. The van der Waals surface area contributed by atoms with Crippen LogP contribution < -0.4 is 5.73 Å². The van der Waals surface area contributed by atoms with Gasteiger partial charge >= 0.3 is 12.1 Å². The fourth-order valence-electron chi connectivity index (χ4n) is 0.238. The quantitative estimate of drug-likeness (QED) is 0.527. The number of nitrogens with two attached hydrogens (primary N) is 1. The van der Waals surface area contributed by atoms with Crippen molar-refractivity contribution in [2.45, 2.75) is 20.0 Å². The van der Waals surface area contributed by atoms with Crippen LogP contribution in [-0.2, 0) is 14.3 Å². The summed E-state index contributed by atoms with van der Waals surface area (Å²) in [5.74, 6) is -0.981. The van der Waals surface area contributed by atoms with E-state index in [1.807, 2.05) is 0 Å². The smallest absolute Gasteiger partial charge is 0.404 e. The predicted molar refractivity (Wildman–Crippen MR) is 54.5 cm³/mol. The van der Waals surface area contributed by atoms with E-state index < -0.39 is 12.1 Å². The van der Waals surface area contributed by atoms with Gasteiger partial charge in [-0.15, -0.1) is 0 Å². The van der Waals surface area contributed by atoms with Crippen LogP contribution in [0.15, 0.2) is 12.7 Å². The average Bonchev–Trinajstić information content (AvgIpc) is 2.89. The van der Waals surface area contributed by atoms with Crippen LogP contribution in [0, 0.1) is 0 Å². The van der Waals surface area contributed by atoms with Crippen molar-refractivity contribution in [2.75, 3.05) is 13.2 Å². The van der Waals surface area contributed by atoms with Gasteiger partial charge in [0.25, 0.3) is 0 Å². The van der Waals surface area contributed by atoms with Gasteiger partial charge in [0.05, 0.1) is 19.3 Å². The van der Waals surface area contributed by atoms with E-state index in [-0.39, 0.29) is 0 Å². The molecule has 0 aromatic rings. The number of hydrogen-bond acceptors (Lipinski definition) is 4. The topological polar surface area (TPSA) is 102 Å². The van der Waals surface area contributed by atoms with Gasteiger partial charge in [-0.3, -0.25) is 0 Å². The number of carboxylic acids is 1. The Morgan fingerprint density at radius 1 is 1.73 bits per heavy atom. The van der Waals surface area contributed by atoms with E-state index in [1.54, 1.807) is 6.92 Å². The molecule has 6 nitrogen and oxygen atoms in total. The second-order valence-electron chi connectivity index (χ2n) is 2.44. The highest BCUT2D eigenvalue weighted by Gasteiger charge is 2.13. The predicted octanol–water partition coefficient (Wildman–Crippen LogP) is 0.764. The third-order valence-corrected chi connectivity index (χ3v) is 0.961. The molecule has 0 spiro atoms. The van der Waals surface area contributed by atoms with Crippen molar-refractivity contribution in [3.8, 4) is 0 Å². The monoisotopic (exact) mass is 219 g/mol. The van der Waals surface area contributed by atoms with Crippen LogP contribution >= 0.6 is 0 Å². The second kappa shape index (κ2) is 10.5. The molecule has 6 heteroatoms. The molecule has 0 aromatic heterocycles. The fourth-order valence-corrected chi connectivity index (χ4v) is 0.238. The third-order valence-electron chi connectivity index (χ3n) is 0.961. The van der Waals surface area contributed by atoms with Crippen LogP contribution in [0.2, 0.25) is 0 Å². The SMILES string of the molecule is C=CC(=O)O.CC1CO1.CCOC(N)=O. The largest absolute Gasteiger partial charge is 0.478 e. The molecule has 1 atom stereocenters. The molecule has 1 heterocycles. The number of carbonyl (C=O) groups is 2. The standard InChI is InChI=1S/C3H7NO2.C3H4O2.C3H6O/c1-2-6-3(4)5;1-2-3(4)5;1-3-2-4-3/h2H2,1H3,(H2,4,5);2H,1H2,(H,4,5);3H,2H2,1H3. The highest BCUT2D eigenvalue weighted by Crippen LogP contribution is 2.04. The Bertz CT molecular complexity index is 201. The maximum absolute atomic E-state index is 9.60. The van der Waals surface area contributed by atoms with Crippen molar-refractivity contribution in [1.29, 1.82) is 0 Å². The zero-order valence-corrected chi connectivity index (χ0v) is 8.93. The number of hydrogen-bond donors (Lipinski definition) is 2. The molecule has 0 aliphatic carbocycles. The number of ether oxygens (including phenoxy) is 2. The number of carbonyl (C=O) groups excluding carboxylic acids is 1. The number of aliphatic carboxylic acids is 1. The maximum atomic E-state index is 9.60. The number of rotatable bonds is 2. The Balaban J connectivity index is 0. The normalized spacial score (nSPS) is 15.7. The first-order chi connectivity index (χ1) is 6.93. The first kappa shape index (κ1) is 15.9. The molecule has 1 fully saturated rings. The summed E-state index contributed by atoms with van der Waals surface area (Å²) in [6, 6.07) is 0. The summed E-state index contributed by atoms with van der Waals surface area (Å²) in [7, 11) is 0. The molecule has 0 saturated carbocycles. The summed E-state index contributed by atoms with van der Waals surface area (Å²) in [4.78, 5) is 18.8. The van der Waals surface area contributed by atoms with Crippen LogP contribution in [0.3, 0.4) is 0 Å². The average molecular weight is 219 g/mol. The van der Waals surface area contributed by atoms with Crippen LogP contribution in [0.5, 0.6) is 0 Å². The maximum Gasteiger partial charge on any atom is 0.404 e. The molecule has 88 valence electrons. The minimum Gasteiger partial charge on any atom is -0.478 e. The van der Waals surface area contributed by atoms with Crippen molar-refractivity contribution in [3.63, 3.8) is 0 Å². The van der Waals surface area contributed by atoms with E-state index in [0.29, 0.717) is 12.7 Å². The van der Waals surface area contributed by atoms with Gasteiger partial charge in [-0.05, 0) is 13.8 Å². The number of epoxide rings is 1. The Kier molecular flexibility index (Phi) is 11.1.